The predicted molar refractivity (Wildman–Crippen MR) is 139 cm³/mol. The summed E-state index contributed by atoms with van der Waals surface area (Å²) in [5.74, 6) is -0.398. The van der Waals surface area contributed by atoms with Gasteiger partial charge in [-0.3, -0.25) is 15.1 Å². The number of fused-ring (bicyclic) bond motifs is 1. The van der Waals surface area contributed by atoms with Gasteiger partial charge in [0, 0.05) is 29.8 Å². The lowest BCUT2D eigenvalue weighted by atomic mass is 10.1. The van der Waals surface area contributed by atoms with E-state index in [0.717, 1.165) is 38.2 Å². The molecule has 2 aromatic carbocycles. The van der Waals surface area contributed by atoms with E-state index < -0.39 is 26.3 Å². The second-order valence-corrected chi connectivity index (χ2v) is 10.3. The number of pyridine rings is 1. The van der Waals surface area contributed by atoms with Gasteiger partial charge in [0.05, 0.1) is 17.0 Å². The van der Waals surface area contributed by atoms with Crippen LogP contribution in [-0.2, 0) is 10.1 Å². The summed E-state index contributed by atoms with van der Waals surface area (Å²) in [4.78, 5) is 14.4. The first-order valence-corrected chi connectivity index (χ1v) is 13.9. The van der Waals surface area contributed by atoms with Crippen molar-refractivity contribution >= 4 is 26.7 Å². The SMILES string of the molecule is CCCCCCCCCCOc1cc2c(Oc3ccc([N+](=O)[O-])cc3)ccnc2cc1OS(=O)(=O)C(F)(F)F. The van der Waals surface area contributed by atoms with Crippen molar-refractivity contribution in [3.63, 3.8) is 0 Å². The van der Waals surface area contributed by atoms with Gasteiger partial charge in [0.25, 0.3) is 5.69 Å². The first-order valence-electron chi connectivity index (χ1n) is 12.5. The fourth-order valence-electron chi connectivity index (χ4n) is 3.74. The molecule has 9 nitrogen and oxygen atoms in total. The van der Waals surface area contributed by atoms with Crippen LogP contribution in [0.5, 0.6) is 23.0 Å². The van der Waals surface area contributed by atoms with Gasteiger partial charge in [-0.05, 0) is 30.7 Å². The monoisotopic (exact) mass is 570 g/mol. The van der Waals surface area contributed by atoms with Crippen molar-refractivity contribution in [2.75, 3.05) is 6.61 Å². The summed E-state index contributed by atoms with van der Waals surface area (Å²) in [6.45, 7) is 2.27. The number of aromatic nitrogens is 1. The summed E-state index contributed by atoms with van der Waals surface area (Å²) in [6.07, 6.45) is 9.48. The van der Waals surface area contributed by atoms with Crippen molar-refractivity contribution in [3.8, 4) is 23.0 Å². The molecular formula is C26H29F3N2O7S. The molecule has 1 aromatic heterocycles. The molecule has 0 aliphatic heterocycles. The molecular weight excluding hydrogens is 541 g/mol. The summed E-state index contributed by atoms with van der Waals surface area (Å²) >= 11 is 0. The number of benzene rings is 2. The Labute approximate surface area is 224 Å². The second-order valence-electron chi connectivity index (χ2n) is 8.78. The van der Waals surface area contributed by atoms with Gasteiger partial charge in [0.1, 0.15) is 11.5 Å². The van der Waals surface area contributed by atoms with Gasteiger partial charge in [-0.2, -0.15) is 21.6 Å². The van der Waals surface area contributed by atoms with Crippen LogP contribution in [0.25, 0.3) is 10.9 Å². The van der Waals surface area contributed by atoms with Gasteiger partial charge in [0.2, 0.25) is 0 Å². The van der Waals surface area contributed by atoms with Crippen molar-refractivity contribution in [1.29, 1.82) is 0 Å². The van der Waals surface area contributed by atoms with Crippen molar-refractivity contribution < 1.29 is 40.2 Å². The first kappa shape index (κ1) is 29.9. The van der Waals surface area contributed by atoms with Crippen LogP contribution < -0.4 is 13.7 Å². The molecule has 0 spiro atoms. The van der Waals surface area contributed by atoms with E-state index in [2.05, 4.69) is 16.1 Å². The molecule has 0 saturated carbocycles. The number of ether oxygens (including phenoxy) is 2. The van der Waals surface area contributed by atoms with Crippen molar-refractivity contribution in [2.45, 2.75) is 63.8 Å². The molecule has 0 amide bonds. The van der Waals surface area contributed by atoms with Gasteiger partial charge in [0.15, 0.2) is 11.5 Å². The smallest absolute Gasteiger partial charge is 0.490 e. The average molecular weight is 571 g/mol. The first-order chi connectivity index (χ1) is 18.5. The van der Waals surface area contributed by atoms with E-state index in [1.165, 1.54) is 55.4 Å². The van der Waals surface area contributed by atoms with E-state index in [1.54, 1.807) is 0 Å². The summed E-state index contributed by atoms with van der Waals surface area (Å²) < 4.78 is 78.4. The molecule has 0 radical (unpaired) electrons. The Balaban J connectivity index is 1.83. The van der Waals surface area contributed by atoms with Gasteiger partial charge in [-0.25, -0.2) is 0 Å². The Morgan fingerprint density at radius 3 is 2.15 bits per heavy atom. The summed E-state index contributed by atoms with van der Waals surface area (Å²) in [6, 6.07) is 9.10. The lowest BCUT2D eigenvalue weighted by Crippen LogP contribution is -2.28. The highest BCUT2D eigenvalue weighted by Gasteiger charge is 2.49. The third-order valence-corrected chi connectivity index (χ3v) is 6.75. The zero-order valence-corrected chi connectivity index (χ0v) is 22.1. The molecule has 39 heavy (non-hydrogen) atoms. The quantitative estimate of drug-likeness (QED) is 0.0600. The number of hydrogen-bond donors (Lipinski definition) is 0. The molecule has 0 aliphatic carbocycles. The summed E-state index contributed by atoms with van der Waals surface area (Å²) in [7, 11) is -5.96. The van der Waals surface area contributed by atoms with Crippen molar-refractivity contribution in [2.24, 2.45) is 0 Å². The molecule has 0 saturated heterocycles. The Morgan fingerprint density at radius 2 is 1.54 bits per heavy atom. The van der Waals surface area contributed by atoms with Crippen LogP contribution in [0.3, 0.4) is 0 Å². The average Bonchev–Trinajstić information content (AvgIpc) is 2.87. The highest BCUT2D eigenvalue weighted by Crippen LogP contribution is 2.39. The molecule has 0 fully saturated rings. The highest BCUT2D eigenvalue weighted by atomic mass is 32.2. The van der Waals surface area contributed by atoms with Crippen molar-refractivity contribution in [3.05, 3.63) is 58.8 Å². The molecule has 1 heterocycles. The fraction of sp³-hybridized carbons (Fsp3) is 0.423. The third-order valence-electron chi connectivity index (χ3n) is 5.78. The largest absolute Gasteiger partial charge is 0.534 e. The third kappa shape index (κ3) is 8.44. The zero-order valence-electron chi connectivity index (χ0n) is 21.3. The second kappa shape index (κ2) is 13.5. The minimum Gasteiger partial charge on any atom is -0.490 e. The molecule has 0 unspecified atom stereocenters. The van der Waals surface area contributed by atoms with Crippen LogP contribution in [-0.4, -0.2) is 30.4 Å². The molecule has 0 aliphatic rings. The van der Waals surface area contributed by atoms with Crippen molar-refractivity contribution in [1.82, 2.24) is 4.98 Å². The number of nitro benzene ring substituents is 1. The predicted octanol–water partition coefficient (Wildman–Crippen LogP) is 7.68. The maximum Gasteiger partial charge on any atom is 0.534 e. The van der Waals surface area contributed by atoms with Crippen LogP contribution in [0.1, 0.15) is 58.3 Å². The van der Waals surface area contributed by atoms with Crippen LogP contribution in [0, 0.1) is 10.1 Å². The molecule has 0 N–H and O–H groups in total. The van der Waals surface area contributed by atoms with Gasteiger partial charge in [-0.1, -0.05) is 51.9 Å². The molecule has 3 aromatic rings. The maximum absolute atomic E-state index is 13.0. The van der Waals surface area contributed by atoms with E-state index in [4.69, 9.17) is 9.47 Å². The van der Waals surface area contributed by atoms with E-state index in [1.807, 2.05) is 0 Å². The molecule has 0 bridgehead atoms. The number of hydrogen-bond acceptors (Lipinski definition) is 8. The molecule has 0 atom stereocenters. The fourth-order valence-corrected chi connectivity index (χ4v) is 4.20. The summed E-state index contributed by atoms with van der Waals surface area (Å²) in [5.41, 5.74) is -5.68. The Kier molecular flexibility index (Phi) is 10.3. The highest BCUT2D eigenvalue weighted by molar-refractivity contribution is 7.88. The van der Waals surface area contributed by atoms with Gasteiger partial charge in [-0.15, -0.1) is 0 Å². The standard InChI is InChI=1S/C26H29F3N2O7S/c1-2-3-4-5-6-7-8-9-16-36-24-17-21-22(18-25(24)38-39(34,35)26(27,28)29)30-15-14-23(21)37-20-12-10-19(11-13-20)31(32)33/h10-15,17-18H,2-9,16H2,1H3. The van der Waals surface area contributed by atoms with Crippen LogP contribution in [0.15, 0.2) is 48.7 Å². The number of halogens is 3. The Bertz CT molecular complexity index is 1360. The maximum atomic E-state index is 13.0. The Hall–Kier alpha value is -3.61. The van der Waals surface area contributed by atoms with Gasteiger partial charge < -0.3 is 13.7 Å². The van der Waals surface area contributed by atoms with Crippen LogP contribution >= 0.6 is 0 Å². The number of rotatable bonds is 15. The van der Waals surface area contributed by atoms with Crippen LogP contribution in [0.2, 0.25) is 0 Å². The lowest BCUT2D eigenvalue weighted by Gasteiger charge is -2.16. The van der Waals surface area contributed by atoms with Crippen LogP contribution in [0.4, 0.5) is 18.9 Å². The lowest BCUT2D eigenvalue weighted by molar-refractivity contribution is -0.384. The zero-order chi connectivity index (χ0) is 28.5. The van der Waals surface area contributed by atoms with E-state index in [-0.39, 0.29) is 35.1 Å². The minimum absolute atomic E-state index is 0.0845. The molecule has 212 valence electrons. The number of alkyl halides is 3. The summed E-state index contributed by atoms with van der Waals surface area (Å²) in [5, 5.41) is 11.2. The minimum atomic E-state index is -5.96. The van der Waals surface area contributed by atoms with E-state index in [9.17, 15) is 31.7 Å². The molecule has 3 rings (SSSR count). The number of unbranched alkanes of at least 4 members (excludes halogenated alkanes) is 7. The van der Waals surface area contributed by atoms with E-state index >= 15 is 0 Å². The number of nitro groups is 1. The van der Waals surface area contributed by atoms with E-state index in [0.29, 0.717) is 11.8 Å². The number of non-ortho nitro benzene ring substituents is 1. The normalized spacial score (nSPS) is 11.9. The number of nitrogens with zero attached hydrogens (tertiary/aromatic N) is 2. The van der Waals surface area contributed by atoms with Gasteiger partial charge >= 0.3 is 15.6 Å². The Morgan fingerprint density at radius 1 is 0.897 bits per heavy atom. The topological polar surface area (TPSA) is 118 Å². The molecule has 13 heteroatoms.